The van der Waals surface area contributed by atoms with Crippen LogP contribution in [0.5, 0.6) is 5.75 Å². The molecule has 4 nitrogen and oxygen atoms in total. The van der Waals surface area contributed by atoms with Crippen LogP contribution in [0.1, 0.15) is 31.1 Å². The summed E-state index contributed by atoms with van der Waals surface area (Å²) in [7, 11) is 0. The zero-order valence-corrected chi connectivity index (χ0v) is 11.0. The van der Waals surface area contributed by atoms with E-state index in [4.69, 9.17) is 4.74 Å². The molecule has 0 bridgehead atoms. The molecule has 0 unspecified atom stereocenters. The van der Waals surface area contributed by atoms with Gasteiger partial charge in [0.1, 0.15) is 5.75 Å². The fourth-order valence-corrected chi connectivity index (χ4v) is 1.32. The van der Waals surface area contributed by atoms with Crippen LogP contribution in [-0.2, 0) is 4.79 Å². The Morgan fingerprint density at radius 2 is 2.06 bits per heavy atom. The Balaban J connectivity index is 2.46. The molecule has 1 rings (SSSR count). The maximum Gasteiger partial charge on any atom is 0.257 e. The molecule has 1 amide bonds. The molecule has 0 aromatic heterocycles. The monoisotopic (exact) mass is 249 g/mol. The summed E-state index contributed by atoms with van der Waals surface area (Å²) in [4.78, 5) is 22.6. The second kappa shape index (κ2) is 6.79. The minimum Gasteiger partial charge on any atom is -0.484 e. The molecule has 0 radical (unpaired) electrons. The number of ketones is 1. The van der Waals surface area contributed by atoms with Gasteiger partial charge in [0.05, 0.1) is 0 Å². The van der Waals surface area contributed by atoms with Crippen molar-refractivity contribution in [2.24, 2.45) is 5.92 Å². The summed E-state index contributed by atoms with van der Waals surface area (Å²) in [5, 5.41) is 2.76. The average molecular weight is 249 g/mol. The summed E-state index contributed by atoms with van der Waals surface area (Å²) >= 11 is 0. The van der Waals surface area contributed by atoms with Gasteiger partial charge >= 0.3 is 0 Å². The van der Waals surface area contributed by atoms with Gasteiger partial charge in [0, 0.05) is 12.1 Å². The van der Waals surface area contributed by atoms with E-state index in [-0.39, 0.29) is 18.3 Å². The Hall–Kier alpha value is -1.84. The summed E-state index contributed by atoms with van der Waals surface area (Å²) in [5.74, 6) is 0.763. The molecular weight excluding hydrogens is 230 g/mol. The third-order valence-electron chi connectivity index (χ3n) is 2.32. The fraction of sp³-hybridized carbons (Fsp3) is 0.429. The van der Waals surface area contributed by atoms with E-state index in [0.717, 1.165) is 0 Å². The zero-order chi connectivity index (χ0) is 13.5. The second-order valence-corrected chi connectivity index (χ2v) is 4.57. The van der Waals surface area contributed by atoms with E-state index in [1.54, 1.807) is 24.3 Å². The number of benzene rings is 1. The van der Waals surface area contributed by atoms with Crippen molar-refractivity contribution in [2.45, 2.75) is 20.8 Å². The predicted octanol–water partition coefficient (Wildman–Crippen LogP) is 2.04. The first-order valence-electron chi connectivity index (χ1n) is 5.99. The van der Waals surface area contributed by atoms with Crippen LogP contribution in [0.2, 0.25) is 0 Å². The molecule has 0 heterocycles. The summed E-state index contributed by atoms with van der Waals surface area (Å²) in [6, 6.07) is 6.81. The average Bonchev–Trinajstić information content (AvgIpc) is 2.34. The first-order valence-corrected chi connectivity index (χ1v) is 5.99. The van der Waals surface area contributed by atoms with Crippen LogP contribution in [0.25, 0.3) is 0 Å². The molecule has 1 aromatic carbocycles. The normalized spacial score (nSPS) is 10.2. The van der Waals surface area contributed by atoms with Crippen molar-refractivity contribution in [3.63, 3.8) is 0 Å². The van der Waals surface area contributed by atoms with Gasteiger partial charge in [0.15, 0.2) is 12.4 Å². The van der Waals surface area contributed by atoms with Crippen molar-refractivity contribution < 1.29 is 14.3 Å². The zero-order valence-electron chi connectivity index (χ0n) is 11.0. The predicted molar refractivity (Wildman–Crippen MR) is 69.8 cm³/mol. The molecule has 4 heteroatoms. The molecule has 98 valence electrons. The van der Waals surface area contributed by atoms with Gasteiger partial charge in [-0.15, -0.1) is 0 Å². The molecule has 0 aliphatic rings. The molecule has 0 atom stereocenters. The van der Waals surface area contributed by atoms with Crippen molar-refractivity contribution in [2.75, 3.05) is 13.2 Å². The minimum absolute atomic E-state index is 0.0234. The highest BCUT2D eigenvalue weighted by Gasteiger charge is 2.05. The van der Waals surface area contributed by atoms with Gasteiger partial charge < -0.3 is 10.1 Å². The molecule has 0 aliphatic carbocycles. The number of carbonyl (C=O) groups excluding carboxylic acids is 2. The van der Waals surface area contributed by atoms with Crippen LogP contribution in [0, 0.1) is 5.92 Å². The maximum absolute atomic E-state index is 11.4. The highest BCUT2D eigenvalue weighted by atomic mass is 16.5. The van der Waals surface area contributed by atoms with E-state index in [9.17, 15) is 9.59 Å². The maximum atomic E-state index is 11.4. The lowest BCUT2D eigenvalue weighted by molar-refractivity contribution is -0.123. The number of ether oxygens (including phenoxy) is 1. The van der Waals surface area contributed by atoms with Crippen molar-refractivity contribution >= 4 is 11.7 Å². The summed E-state index contributed by atoms with van der Waals surface area (Å²) < 4.78 is 5.33. The Morgan fingerprint density at radius 3 is 2.67 bits per heavy atom. The van der Waals surface area contributed by atoms with E-state index in [2.05, 4.69) is 5.32 Å². The van der Waals surface area contributed by atoms with Crippen LogP contribution >= 0.6 is 0 Å². The summed E-state index contributed by atoms with van der Waals surface area (Å²) in [6.07, 6.45) is 0. The van der Waals surface area contributed by atoms with Crippen LogP contribution in [-0.4, -0.2) is 24.8 Å². The lowest BCUT2D eigenvalue weighted by atomic mass is 10.1. The molecule has 0 spiro atoms. The Kier molecular flexibility index (Phi) is 5.36. The Bertz CT molecular complexity index is 427. The van der Waals surface area contributed by atoms with E-state index < -0.39 is 0 Å². The van der Waals surface area contributed by atoms with Crippen LogP contribution < -0.4 is 10.1 Å². The molecule has 0 saturated heterocycles. The van der Waals surface area contributed by atoms with Gasteiger partial charge in [-0.1, -0.05) is 26.0 Å². The molecule has 0 aliphatic heterocycles. The number of amides is 1. The molecular formula is C14H19NO3. The van der Waals surface area contributed by atoms with E-state index in [0.29, 0.717) is 23.8 Å². The number of carbonyl (C=O) groups is 2. The Labute approximate surface area is 107 Å². The second-order valence-electron chi connectivity index (χ2n) is 4.57. The fourth-order valence-electron chi connectivity index (χ4n) is 1.32. The van der Waals surface area contributed by atoms with Gasteiger partial charge in [-0.2, -0.15) is 0 Å². The molecule has 1 aromatic rings. The first-order chi connectivity index (χ1) is 8.49. The third kappa shape index (κ3) is 4.99. The number of hydrogen-bond donors (Lipinski definition) is 1. The number of rotatable bonds is 6. The lowest BCUT2D eigenvalue weighted by Gasteiger charge is -2.09. The highest BCUT2D eigenvalue weighted by molar-refractivity contribution is 5.94. The lowest BCUT2D eigenvalue weighted by Crippen LogP contribution is -2.31. The van der Waals surface area contributed by atoms with Crippen molar-refractivity contribution in [3.8, 4) is 5.75 Å². The van der Waals surface area contributed by atoms with Crippen LogP contribution in [0.4, 0.5) is 0 Å². The molecule has 0 fully saturated rings. The van der Waals surface area contributed by atoms with Gasteiger partial charge in [-0.05, 0) is 25.0 Å². The standard InChI is InChI=1S/C14H19NO3/c1-10(2)8-15-14(17)9-18-13-6-4-5-12(7-13)11(3)16/h4-7,10H,8-9H2,1-3H3,(H,15,17). The van der Waals surface area contributed by atoms with E-state index in [1.807, 2.05) is 13.8 Å². The summed E-state index contributed by atoms with van der Waals surface area (Å²) in [6.45, 7) is 6.15. The van der Waals surface area contributed by atoms with Crippen molar-refractivity contribution in [1.82, 2.24) is 5.32 Å². The van der Waals surface area contributed by atoms with Crippen LogP contribution in [0.15, 0.2) is 24.3 Å². The molecule has 0 saturated carbocycles. The van der Waals surface area contributed by atoms with Crippen molar-refractivity contribution in [3.05, 3.63) is 29.8 Å². The van der Waals surface area contributed by atoms with E-state index in [1.165, 1.54) is 6.92 Å². The van der Waals surface area contributed by atoms with Crippen LogP contribution in [0.3, 0.4) is 0 Å². The smallest absolute Gasteiger partial charge is 0.257 e. The topological polar surface area (TPSA) is 55.4 Å². The molecule has 18 heavy (non-hydrogen) atoms. The Morgan fingerprint density at radius 1 is 1.33 bits per heavy atom. The SMILES string of the molecule is CC(=O)c1cccc(OCC(=O)NCC(C)C)c1. The first kappa shape index (κ1) is 14.2. The van der Waals surface area contributed by atoms with Gasteiger partial charge in [-0.25, -0.2) is 0 Å². The van der Waals surface area contributed by atoms with Gasteiger partial charge in [0.2, 0.25) is 0 Å². The quantitative estimate of drug-likeness (QED) is 0.785. The number of Topliss-reactive ketones (excluding diaryl/α,β-unsaturated/α-hetero) is 1. The van der Waals surface area contributed by atoms with Crippen molar-refractivity contribution in [1.29, 1.82) is 0 Å². The molecule has 1 N–H and O–H groups in total. The minimum atomic E-state index is -0.156. The highest BCUT2D eigenvalue weighted by Crippen LogP contribution is 2.13. The summed E-state index contributed by atoms with van der Waals surface area (Å²) in [5.41, 5.74) is 0.579. The third-order valence-corrected chi connectivity index (χ3v) is 2.32. The number of nitrogens with one attached hydrogen (secondary N) is 1. The van der Waals surface area contributed by atoms with Gasteiger partial charge in [-0.3, -0.25) is 9.59 Å². The van der Waals surface area contributed by atoms with E-state index >= 15 is 0 Å². The largest absolute Gasteiger partial charge is 0.484 e. The van der Waals surface area contributed by atoms with Gasteiger partial charge in [0.25, 0.3) is 5.91 Å². The number of hydrogen-bond acceptors (Lipinski definition) is 3.